The lowest BCUT2D eigenvalue weighted by molar-refractivity contribution is 0.125. The van der Waals surface area contributed by atoms with Gasteiger partial charge in [-0.2, -0.15) is 4.98 Å². The summed E-state index contributed by atoms with van der Waals surface area (Å²) in [7, 11) is -3.10. The van der Waals surface area contributed by atoms with Gasteiger partial charge in [-0.3, -0.25) is 0 Å². The van der Waals surface area contributed by atoms with Crippen molar-refractivity contribution in [2.45, 2.75) is 18.9 Å². The zero-order chi connectivity index (χ0) is 14.9. The molecule has 0 N–H and O–H groups in total. The van der Waals surface area contributed by atoms with Gasteiger partial charge >= 0.3 is 6.01 Å². The molecule has 0 atom stereocenters. The first-order valence-electron chi connectivity index (χ1n) is 6.86. The third-order valence-electron chi connectivity index (χ3n) is 3.61. The standard InChI is InChI=1S/C14H17N3O3S/c1-21(18,19)17-8-6-12(7-9-17)20-14-15-10-11-4-2-3-5-13(11)16-14/h2-5,10,12H,6-9H2,1H3. The van der Waals surface area contributed by atoms with Crippen molar-refractivity contribution >= 4 is 20.9 Å². The molecule has 1 aliphatic heterocycles. The highest BCUT2D eigenvalue weighted by Crippen LogP contribution is 2.19. The van der Waals surface area contributed by atoms with E-state index >= 15 is 0 Å². The highest BCUT2D eigenvalue weighted by Gasteiger charge is 2.26. The lowest BCUT2D eigenvalue weighted by Crippen LogP contribution is -2.41. The van der Waals surface area contributed by atoms with Gasteiger partial charge in [-0.15, -0.1) is 0 Å². The van der Waals surface area contributed by atoms with Crippen molar-refractivity contribution in [1.29, 1.82) is 0 Å². The highest BCUT2D eigenvalue weighted by atomic mass is 32.2. The second-order valence-electron chi connectivity index (χ2n) is 5.19. The van der Waals surface area contributed by atoms with Crippen LogP contribution in [0.3, 0.4) is 0 Å². The van der Waals surface area contributed by atoms with Crippen LogP contribution in [-0.4, -0.2) is 48.1 Å². The summed E-state index contributed by atoms with van der Waals surface area (Å²) < 4.78 is 30.2. The fraction of sp³-hybridized carbons (Fsp3) is 0.429. The largest absolute Gasteiger partial charge is 0.460 e. The molecular weight excluding hydrogens is 290 g/mol. The SMILES string of the molecule is CS(=O)(=O)N1CCC(Oc2ncc3ccccc3n2)CC1. The molecule has 0 spiro atoms. The van der Waals surface area contributed by atoms with Crippen molar-refractivity contribution in [2.75, 3.05) is 19.3 Å². The lowest BCUT2D eigenvalue weighted by Gasteiger charge is -2.29. The van der Waals surface area contributed by atoms with Crippen molar-refractivity contribution in [3.05, 3.63) is 30.5 Å². The molecule has 2 heterocycles. The maximum atomic E-state index is 11.5. The number of rotatable bonds is 3. The van der Waals surface area contributed by atoms with Gasteiger partial charge < -0.3 is 4.74 Å². The summed E-state index contributed by atoms with van der Waals surface area (Å²) in [5.74, 6) is 0. The van der Waals surface area contributed by atoms with E-state index in [2.05, 4.69) is 9.97 Å². The Balaban J connectivity index is 1.67. The quantitative estimate of drug-likeness (QED) is 0.858. The first-order valence-corrected chi connectivity index (χ1v) is 8.71. The van der Waals surface area contributed by atoms with Crippen LogP contribution in [0.5, 0.6) is 6.01 Å². The number of hydrogen-bond donors (Lipinski definition) is 0. The van der Waals surface area contributed by atoms with E-state index in [0.29, 0.717) is 31.9 Å². The minimum atomic E-state index is -3.10. The van der Waals surface area contributed by atoms with Gasteiger partial charge in [-0.05, 0) is 18.9 Å². The van der Waals surface area contributed by atoms with Crippen LogP contribution < -0.4 is 4.74 Å². The number of hydrogen-bond acceptors (Lipinski definition) is 5. The average molecular weight is 307 g/mol. The molecule has 0 bridgehead atoms. The summed E-state index contributed by atoms with van der Waals surface area (Å²) in [6.07, 6.45) is 4.25. The highest BCUT2D eigenvalue weighted by molar-refractivity contribution is 7.88. The number of para-hydroxylation sites is 1. The Labute approximate surface area is 123 Å². The molecule has 3 rings (SSSR count). The fourth-order valence-corrected chi connectivity index (χ4v) is 3.32. The van der Waals surface area contributed by atoms with Crippen LogP contribution in [0.1, 0.15) is 12.8 Å². The zero-order valence-electron chi connectivity index (χ0n) is 11.8. The number of aromatic nitrogens is 2. The number of nitrogens with zero attached hydrogens (tertiary/aromatic N) is 3. The van der Waals surface area contributed by atoms with E-state index in [0.717, 1.165) is 10.9 Å². The molecule has 2 aromatic rings. The Morgan fingerprint density at radius 3 is 2.67 bits per heavy atom. The molecule has 1 saturated heterocycles. The predicted octanol–water partition coefficient (Wildman–Crippen LogP) is 1.43. The third kappa shape index (κ3) is 3.30. The van der Waals surface area contributed by atoms with Gasteiger partial charge in [-0.25, -0.2) is 17.7 Å². The minimum absolute atomic E-state index is 0.0378. The van der Waals surface area contributed by atoms with E-state index < -0.39 is 10.0 Å². The van der Waals surface area contributed by atoms with Crippen LogP contribution in [0.25, 0.3) is 10.9 Å². The molecular formula is C14H17N3O3S. The van der Waals surface area contributed by atoms with Gasteiger partial charge in [0, 0.05) is 24.7 Å². The topological polar surface area (TPSA) is 72.4 Å². The molecule has 1 aliphatic rings. The summed E-state index contributed by atoms with van der Waals surface area (Å²) in [4.78, 5) is 8.58. The molecule has 7 heteroatoms. The van der Waals surface area contributed by atoms with Crippen molar-refractivity contribution in [2.24, 2.45) is 0 Å². The van der Waals surface area contributed by atoms with E-state index in [1.165, 1.54) is 10.6 Å². The van der Waals surface area contributed by atoms with Gasteiger partial charge in [0.15, 0.2) is 0 Å². The summed E-state index contributed by atoms with van der Waals surface area (Å²) in [6, 6.07) is 8.07. The molecule has 0 amide bonds. The fourth-order valence-electron chi connectivity index (χ4n) is 2.44. The molecule has 0 radical (unpaired) electrons. The third-order valence-corrected chi connectivity index (χ3v) is 4.91. The number of fused-ring (bicyclic) bond motifs is 1. The van der Waals surface area contributed by atoms with Crippen molar-refractivity contribution in [1.82, 2.24) is 14.3 Å². The summed E-state index contributed by atoms with van der Waals surface area (Å²) in [5, 5.41) is 0.969. The Morgan fingerprint density at radius 1 is 1.24 bits per heavy atom. The van der Waals surface area contributed by atoms with Crippen LogP contribution >= 0.6 is 0 Å². The Morgan fingerprint density at radius 2 is 1.95 bits per heavy atom. The van der Waals surface area contributed by atoms with Crippen molar-refractivity contribution in [3.8, 4) is 6.01 Å². The average Bonchev–Trinajstić information content (AvgIpc) is 2.47. The lowest BCUT2D eigenvalue weighted by atomic mass is 10.1. The number of piperidine rings is 1. The van der Waals surface area contributed by atoms with E-state index in [9.17, 15) is 8.42 Å². The van der Waals surface area contributed by atoms with E-state index in [1.54, 1.807) is 6.20 Å². The van der Waals surface area contributed by atoms with Crippen LogP contribution in [0, 0.1) is 0 Å². The van der Waals surface area contributed by atoms with E-state index in [-0.39, 0.29) is 6.10 Å². The summed E-state index contributed by atoms with van der Waals surface area (Å²) in [6.45, 7) is 0.966. The molecule has 6 nitrogen and oxygen atoms in total. The van der Waals surface area contributed by atoms with Crippen molar-refractivity contribution in [3.63, 3.8) is 0 Å². The van der Waals surface area contributed by atoms with Gasteiger partial charge in [-0.1, -0.05) is 18.2 Å². The normalized spacial score (nSPS) is 18.0. The smallest absolute Gasteiger partial charge is 0.317 e. The monoisotopic (exact) mass is 307 g/mol. The number of sulfonamides is 1. The Kier molecular flexibility index (Phi) is 3.77. The van der Waals surface area contributed by atoms with Gasteiger partial charge in [0.25, 0.3) is 0 Å². The first kappa shape index (κ1) is 14.2. The zero-order valence-corrected chi connectivity index (χ0v) is 12.6. The maximum Gasteiger partial charge on any atom is 0.317 e. The molecule has 0 unspecified atom stereocenters. The molecule has 0 aliphatic carbocycles. The molecule has 21 heavy (non-hydrogen) atoms. The van der Waals surface area contributed by atoms with Gasteiger partial charge in [0.1, 0.15) is 6.10 Å². The Bertz CT molecular complexity index is 740. The van der Waals surface area contributed by atoms with Crippen LogP contribution in [0.2, 0.25) is 0 Å². The minimum Gasteiger partial charge on any atom is -0.460 e. The van der Waals surface area contributed by atoms with Gasteiger partial charge in [0.05, 0.1) is 11.8 Å². The molecule has 0 saturated carbocycles. The van der Waals surface area contributed by atoms with Gasteiger partial charge in [0.2, 0.25) is 10.0 Å². The van der Waals surface area contributed by atoms with Crippen LogP contribution in [-0.2, 0) is 10.0 Å². The van der Waals surface area contributed by atoms with Crippen LogP contribution in [0.15, 0.2) is 30.5 Å². The van der Waals surface area contributed by atoms with E-state index in [1.807, 2.05) is 24.3 Å². The number of ether oxygens (including phenoxy) is 1. The predicted molar refractivity (Wildman–Crippen MR) is 79.6 cm³/mol. The second kappa shape index (κ2) is 5.57. The van der Waals surface area contributed by atoms with Crippen molar-refractivity contribution < 1.29 is 13.2 Å². The second-order valence-corrected chi connectivity index (χ2v) is 7.17. The summed E-state index contributed by atoms with van der Waals surface area (Å²) in [5.41, 5.74) is 0.844. The molecule has 1 aromatic heterocycles. The maximum absolute atomic E-state index is 11.5. The molecule has 112 valence electrons. The first-order chi connectivity index (χ1) is 10.0. The van der Waals surface area contributed by atoms with Crippen LogP contribution in [0.4, 0.5) is 0 Å². The molecule has 1 aromatic carbocycles. The molecule has 1 fully saturated rings. The Hall–Kier alpha value is -1.73. The van der Waals surface area contributed by atoms with E-state index in [4.69, 9.17) is 4.74 Å². The number of benzene rings is 1. The summed E-state index contributed by atoms with van der Waals surface area (Å²) >= 11 is 0.